The minimum Gasteiger partial charge on any atom is -0.314 e. The summed E-state index contributed by atoms with van der Waals surface area (Å²) < 4.78 is 64.5. The Morgan fingerprint density at radius 2 is 1.76 bits per heavy atom. The molecule has 1 aromatic rings. The molecule has 0 amide bonds. The second kappa shape index (κ2) is 10.6. The van der Waals surface area contributed by atoms with Gasteiger partial charge in [-0.05, 0) is 74.8 Å². The van der Waals surface area contributed by atoms with E-state index in [1.807, 2.05) is 0 Å². The second-order valence-electron chi connectivity index (χ2n) is 7.65. The molecule has 0 spiro atoms. The third kappa shape index (κ3) is 7.12. The lowest BCUT2D eigenvalue weighted by atomic mass is 9.80. The van der Waals surface area contributed by atoms with Gasteiger partial charge in [-0.3, -0.25) is 0 Å². The van der Waals surface area contributed by atoms with Gasteiger partial charge in [-0.15, -0.1) is 0 Å². The fourth-order valence-corrected chi connectivity index (χ4v) is 4.82. The maximum atomic E-state index is 12.7. The normalized spacial score (nSPS) is 21.2. The number of nitrogens with zero attached hydrogens (tertiary/aromatic N) is 1. The van der Waals surface area contributed by atoms with E-state index >= 15 is 0 Å². The molecule has 164 valence electrons. The van der Waals surface area contributed by atoms with Crippen molar-refractivity contribution in [2.75, 3.05) is 26.7 Å². The molecule has 0 unspecified atom stereocenters. The highest BCUT2D eigenvalue weighted by Crippen LogP contribution is 2.32. The van der Waals surface area contributed by atoms with Gasteiger partial charge in [0, 0.05) is 20.1 Å². The van der Waals surface area contributed by atoms with Gasteiger partial charge in [0.05, 0.1) is 10.5 Å². The van der Waals surface area contributed by atoms with Crippen molar-refractivity contribution in [1.29, 1.82) is 0 Å². The first-order valence-electron chi connectivity index (χ1n) is 10.2. The highest BCUT2D eigenvalue weighted by atomic mass is 32.2. The van der Waals surface area contributed by atoms with Crippen molar-refractivity contribution >= 4 is 10.0 Å². The summed E-state index contributed by atoms with van der Waals surface area (Å²) in [5.74, 6) is 1.08. The number of alkyl halides is 3. The standard InChI is InChI=1S/C21H31F3N2O2S/c1-3-25-15-4-5-17-6-8-18(9-7-17)14-16-26(2)29(27,28)20-12-10-19(11-13-20)21(22,23)24/h4-5,10-13,17-18,25H,3,6-9,14-16H2,1-2H3/b5-4+. The zero-order valence-corrected chi connectivity index (χ0v) is 17.9. The zero-order chi connectivity index (χ0) is 21.5. The van der Waals surface area contributed by atoms with Crippen molar-refractivity contribution in [3.8, 4) is 0 Å². The van der Waals surface area contributed by atoms with Gasteiger partial charge >= 0.3 is 6.18 Å². The molecule has 1 aliphatic rings. The molecule has 0 bridgehead atoms. The zero-order valence-electron chi connectivity index (χ0n) is 17.1. The van der Waals surface area contributed by atoms with Crippen molar-refractivity contribution < 1.29 is 21.6 Å². The summed E-state index contributed by atoms with van der Waals surface area (Å²) in [6.45, 7) is 4.30. The molecule has 1 aliphatic carbocycles. The SMILES string of the molecule is CCNC/C=C/C1CCC(CCN(C)S(=O)(=O)c2ccc(C(F)(F)F)cc2)CC1. The number of likely N-dealkylation sites (N-methyl/N-ethyl adjacent to an activating group) is 1. The molecule has 0 radical (unpaired) electrons. The van der Waals surface area contributed by atoms with Crippen LogP contribution in [0.15, 0.2) is 41.3 Å². The Morgan fingerprint density at radius 1 is 1.14 bits per heavy atom. The Labute approximate surface area is 172 Å². The van der Waals surface area contributed by atoms with Crippen molar-refractivity contribution in [2.24, 2.45) is 11.8 Å². The van der Waals surface area contributed by atoms with Gasteiger partial charge in [-0.25, -0.2) is 12.7 Å². The van der Waals surface area contributed by atoms with E-state index in [2.05, 4.69) is 24.4 Å². The van der Waals surface area contributed by atoms with E-state index in [4.69, 9.17) is 0 Å². The summed E-state index contributed by atoms with van der Waals surface area (Å²) in [6, 6.07) is 3.68. The third-order valence-corrected chi connectivity index (χ3v) is 7.43. The van der Waals surface area contributed by atoms with Gasteiger partial charge in [-0.1, -0.05) is 19.1 Å². The maximum absolute atomic E-state index is 12.7. The van der Waals surface area contributed by atoms with Crippen LogP contribution in [0.2, 0.25) is 0 Å². The van der Waals surface area contributed by atoms with Crippen LogP contribution in [0.25, 0.3) is 0 Å². The highest BCUT2D eigenvalue weighted by Gasteiger charge is 2.31. The molecule has 0 aromatic heterocycles. The predicted octanol–water partition coefficient (Wildman–Crippen LogP) is 4.69. The van der Waals surface area contributed by atoms with Crippen LogP contribution < -0.4 is 5.32 Å². The van der Waals surface area contributed by atoms with E-state index in [1.165, 1.54) is 11.4 Å². The molecule has 29 heavy (non-hydrogen) atoms. The smallest absolute Gasteiger partial charge is 0.314 e. The van der Waals surface area contributed by atoms with Crippen LogP contribution in [0, 0.1) is 11.8 Å². The van der Waals surface area contributed by atoms with E-state index in [0.717, 1.165) is 69.5 Å². The van der Waals surface area contributed by atoms with Crippen LogP contribution in [0.5, 0.6) is 0 Å². The molecule has 1 aromatic carbocycles. The van der Waals surface area contributed by atoms with E-state index in [9.17, 15) is 21.6 Å². The minimum absolute atomic E-state index is 0.109. The van der Waals surface area contributed by atoms with Crippen LogP contribution >= 0.6 is 0 Å². The van der Waals surface area contributed by atoms with Gasteiger partial charge in [0.2, 0.25) is 10.0 Å². The number of hydrogen-bond donors (Lipinski definition) is 1. The summed E-state index contributed by atoms with van der Waals surface area (Å²) >= 11 is 0. The Bertz CT molecular complexity index is 753. The Kier molecular flexibility index (Phi) is 8.73. The topological polar surface area (TPSA) is 49.4 Å². The molecule has 0 heterocycles. The molecular formula is C21H31F3N2O2S. The molecule has 1 saturated carbocycles. The van der Waals surface area contributed by atoms with Crippen LogP contribution in [0.1, 0.15) is 44.6 Å². The lowest BCUT2D eigenvalue weighted by molar-refractivity contribution is -0.137. The molecule has 1 fully saturated rings. The second-order valence-corrected chi connectivity index (χ2v) is 9.70. The quantitative estimate of drug-likeness (QED) is 0.455. The molecule has 0 aliphatic heterocycles. The van der Waals surface area contributed by atoms with Crippen LogP contribution in [-0.4, -0.2) is 39.4 Å². The predicted molar refractivity (Wildman–Crippen MR) is 109 cm³/mol. The van der Waals surface area contributed by atoms with Gasteiger partial charge in [-0.2, -0.15) is 13.2 Å². The number of hydrogen-bond acceptors (Lipinski definition) is 3. The Morgan fingerprint density at radius 3 is 2.31 bits per heavy atom. The van der Waals surface area contributed by atoms with E-state index in [-0.39, 0.29) is 4.90 Å². The van der Waals surface area contributed by atoms with Crippen molar-refractivity contribution in [3.05, 3.63) is 42.0 Å². The molecule has 2 rings (SSSR count). The number of sulfonamides is 1. The first-order chi connectivity index (χ1) is 13.6. The average Bonchev–Trinajstić information content (AvgIpc) is 2.69. The molecule has 0 atom stereocenters. The fourth-order valence-electron chi connectivity index (χ4n) is 3.64. The number of nitrogens with one attached hydrogen (secondary N) is 1. The summed E-state index contributed by atoms with van der Waals surface area (Å²) in [4.78, 5) is -0.109. The summed E-state index contributed by atoms with van der Waals surface area (Å²) in [5, 5.41) is 3.26. The lowest BCUT2D eigenvalue weighted by Gasteiger charge is -2.28. The number of rotatable bonds is 9. The van der Waals surface area contributed by atoms with E-state index in [0.29, 0.717) is 18.4 Å². The lowest BCUT2D eigenvalue weighted by Crippen LogP contribution is -2.29. The third-order valence-electron chi connectivity index (χ3n) is 5.55. The molecular weight excluding hydrogens is 401 g/mol. The maximum Gasteiger partial charge on any atom is 0.416 e. The Balaban J connectivity index is 1.83. The van der Waals surface area contributed by atoms with Crippen molar-refractivity contribution in [3.63, 3.8) is 0 Å². The molecule has 1 N–H and O–H groups in total. The first-order valence-corrected chi connectivity index (χ1v) is 11.6. The largest absolute Gasteiger partial charge is 0.416 e. The average molecular weight is 433 g/mol. The molecule has 0 saturated heterocycles. The fraction of sp³-hybridized carbons (Fsp3) is 0.619. The summed E-state index contributed by atoms with van der Waals surface area (Å²) in [5.41, 5.74) is -0.851. The highest BCUT2D eigenvalue weighted by molar-refractivity contribution is 7.89. The van der Waals surface area contributed by atoms with Crippen LogP contribution in [0.3, 0.4) is 0 Å². The Hall–Kier alpha value is -1.38. The number of allylic oxidation sites excluding steroid dienone is 1. The van der Waals surface area contributed by atoms with E-state index < -0.39 is 21.8 Å². The first kappa shape index (κ1) is 23.9. The van der Waals surface area contributed by atoms with Gasteiger partial charge in [0.25, 0.3) is 0 Å². The minimum atomic E-state index is -4.48. The van der Waals surface area contributed by atoms with Gasteiger partial charge in [0.15, 0.2) is 0 Å². The summed E-state index contributed by atoms with van der Waals surface area (Å²) in [6.07, 6.45) is 5.12. The van der Waals surface area contributed by atoms with Crippen molar-refractivity contribution in [2.45, 2.75) is 50.1 Å². The van der Waals surface area contributed by atoms with Crippen molar-refractivity contribution in [1.82, 2.24) is 9.62 Å². The van der Waals surface area contributed by atoms with Gasteiger partial charge in [0.1, 0.15) is 0 Å². The van der Waals surface area contributed by atoms with Crippen LogP contribution in [0.4, 0.5) is 13.2 Å². The molecule has 4 nitrogen and oxygen atoms in total. The monoisotopic (exact) mass is 432 g/mol. The number of benzene rings is 1. The number of halogens is 3. The summed E-state index contributed by atoms with van der Waals surface area (Å²) in [7, 11) is -2.29. The molecule has 8 heteroatoms. The van der Waals surface area contributed by atoms with Crippen LogP contribution in [-0.2, 0) is 16.2 Å². The van der Waals surface area contributed by atoms with Gasteiger partial charge < -0.3 is 5.32 Å². The van der Waals surface area contributed by atoms with E-state index in [1.54, 1.807) is 0 Å².